The van der Waals surface area contributed by atoms with Gasteiger partial charge in [-0.2, -0.15) is 4.98 Å². The molecule has 0 saturated heterocycles. The number of hydrogen-bond donors (Lipinski definition) is 0. The third kappa shape index (κ3) is 8.22. The average molecular weight is 412 g/mol. The molecule has 0 N–H and O–H groups in total. The van der Waals surface area contributed by atoms with Crippen molar-refractivity contribution in [3.05, 3.63) is 41.9 Å². The van der Waals surface area contributed by atoms with Crippen LogP contribution in [-0.4, -0.2) is 34.7 Å². The summed E-state index contributed by atoms with van der Waals surface area (Å²) in [5.74, 6) is 0.491. The number of nitrogens with zero attached hydrogens (tertiary/aromatic N) is 2. The highest BCUT2D eigenvalue weighted by atomic mass is 32.5. The molecule has 0 saturated carbocycles. The Kier molecular flexibility index (Phi) is 9.66. The Morgan fingerprint density at radius 2 is 1.56 bits per heavy atom. The molecule has 1 aliphatic rings. The first kappa shape index (κ1) is 23.3. The molecule has 1 aromatic heterocycles. The second-order valence-corrected chi connectivity index (χ2v) is 8.62. The first-order chi connectivity index (χ1) is 12.7. The minimum atomic E-state index is -2.77. The standard InChI is InChI=1S/C12H21N2O3PS.C6H4O2/c1-6-15-18(19,16-7-2)17-11-8-10(5)13-12(14-11)9(3)4;7-5-3-1-2-4-6(5)8/h8-9H,6-7H2,1-5H3;1-4H. The summed E-state index contributed by atoms with van der Waals surface area (Å²) in [6.07, 6.45) is 5.60. The molecule has 7 nitrogen and oxygen atoms in total. The normalized spacial score (nSPS) is 13.6. The highest BCUT2D eigenvalue weighted by Gasteiger charge is 2.22. The lowest BCUT2D eigenvalue weighted by molar-refractivity contribution is -0.131. The van der Waals surface area contributed by atoms with Crippen molar-refractivity contribution >= 4 is 30.1 Å². The molecule has 9 heteroatoms. The van der Waals surface area contributed by atoms with E-state index < -0.39 is 18.3 Å². The van der Waals surface area contributed by atoms with E-state index in [1.165, 1.54) is 12.2 Å². The van der Waals surface area contributed by atoms with E-state index in [1.54, 1.807) is 18.2 Å². The van der Waals surface area contributed by atoms with Gasteiger partial charge in [-0.15, -0.1) is 0 Å². The maximum atomic E-state index is 10.3. The lowest BCUT2D eigenvalue weighted by Gasteiger charge is -2.20. The van der Waals surface area contributed by atoms with E-state index in [0.29, 0.717) is 19.1 Å². The fraction of sp³-hybridized carbons (Fsp3) is 0.444. The number of aromatic nitrogens is 2. The van der Waals surface area contributed by atoms with Crippen LogP contribution < -0.4 is 4.52 Å². The smallest absolute Gasteiger partial charge is 0.381 e. The number of carbonyl (C=O) groups is 2. The van der Waals surface area contributed by atoms with Crippen LogP contribution in [0, 0.1) is 6.92 Å². The SMILES string of the molecule is CCOP(=S)(OCC)Oc1cc(C)nc(C(C)C)n1.O=C1C=CC=CC1=O. The van der Waals surface area contributed by atoms with Crippen molar-refractivity contribution in [3.8, 4) is 5.88 Å². The topological polar surface area (TPSA) is 87.6 Å². The molecule has 2 rings (SSSR count). The molecule has 0 unspecified atom stereocenters. The largest absolute Gasteiger partial charge is 0.406 e. The number of allylic oxidation sites excluding steroid dienone is 4. The summed E-state index contributed by atoms with van der Waals surface area (Å²) < 4.78 is 16.6. The van der Waals surface area contributed by atoms with Gasteiger partial charge in [-0.3, -0.25) is 18.6 Å². The minimum absolute atomic E-state index is 0.222. The maximum absolute atomic E-state index is 10.3. The summed E-state index contributed by atoms with van der Waals surface area (Å²) >= 11 is 5.32. The van der Waals surface area contributed by atoms with E-state index >= 15 is 0 Å². The molecule has 0 fully saturated rings. The van der Waals surface area contributed by atoms with Crippen molar-refractivity contribution in [2.24, 2.45) is 0 Å². The number of ketones is 2. The van der Waals surface area contributed by atoms with Gasteiger partial charge in [-0.25, -0.2) is 4.98 Å². The Bertz CT molecular complexity index is 745. The average Bonchev–Trinajstić information content (AvgIpc) is 2.57. The minimum Gasteiger partial charge on any atom is -0.406 e. The van der Waals surface area contributed by atoms with E-state index in [1.807, 2.05) is 34.6 Å². The van der Waals surface area contributed by atoms with Crippen LogP contribution in [0.1, 0.15) is 45.1 Å². The second kappa shape index (κ2) is 11.2. The van der Waals surface area contributed by atoms with Gasteiger partial charge in [-0.1, -0.05) is 26.0 Å². The van der Waals surface area contributed by atoms with Crippen molar-refractivity contribution < 1.29 is 23.2 Å². The number of carbonyl (C=O) groups excluding carboxylic acids is 2. The molecule has 0 radical (unpaired) electrons. The van der Waals surface area contributed by atoms with Gasteiger partial charge in [0.2, 0.25) is 17.4 Å². The van der Waals surface area contributed by atoms with E-state index in [4.69, 9.17) is 25.4 Å². The first-order valence-corrected chi connectivity index (χ1v) is 11.1. The Labute approximate surface area is 165 Å². The molecule has 148 valence electrons. The second-order valence-electron chi connectivity index (χ2n) is 5.68. The van der Waals surface area contributed by atoms with Crippen LogP contribution in [0.4, 0.5) is 0 Å². The van der Waals surface area contributed by atoms with Gasteiger partial charge < -0.3 is 4.52 Å². The molecule has 0 amide bonds. The first-order valence-electron chi connectivity index (χ1n) is 8.58. The zero-order chi connectivity index (χ0) is 20.4. The number of aryl methyl sites for hydroxylation is 1. The Morgan fingerprint density at radius 1 is 1.04 bits per heavy atom. The summed E-state index contributed by atoms with van der Waals surface area (Å²) in [6.45, 7) is 7.78. The predicted octanol–water partition coefficient (Wildman–Crippen LogP) is 3.84. The van der Waals surface area contributed by atoms with E-state index in [2.05, 4.69) is 9.97 Å². The molecular formula is C18H25N2O5PS. The molecule has 0 aromatic carbocycles. The summed E-state index contributed by atoms with van der Waals surface area (Å²) in [7, 11) is 0. The molecule has 0 aliphatic heterocycles. The third-order valence-electron chi connectivity index (χ3n) is 2.99. The summed E-state index contributed by atoms with van der Waals surface area (Å²) in [5, 5.41) is 0. The van der Waals surface area contributed by atoms with Crippen molar-refractivity contribution in [3.63, 3.8) is 0 Å². The van der Waals surface area contributed by atoms with Crippen LogP contribution in [0.3, 0.4) is 0 Å². The fourth-order valence-corrected chi connectivity index (χ4v) is 3.83. The predicted molar refractivity (Wildman–Crippen MR) is 107 cm³/mol. The molecule has 0 spiro atoms. The van der Waals surface area contributed by atoms with Crippen LogP contribution in [0.2, 0.25) is 0 Å². The van der Waals surface area contributed by atoms with E-state index in [0.717, 1.165) is 11.5 Å². The van der Waals surface area contributed by atoms with Crippen molar-refractivity contribution in [1.29, 1.82) is 0 Å². The van der Waals surface area contributed by atoms with Gasteiger partial charge in [0, 0.05) is 29.5 Å². The zero-order valence-electron chi connectivity index (χ0n) is 16.2. The molecule has 1 aliphatic carbocycles. The van der Waals surface area contributed by atoms with Crippen molar-refractivity contribution in [1.82, 2.24) is 9.97 Å². The van der Waals surface area contributed by atoms with Gasteiger partial charge in [0.05, 0.1) is 13.2 Å². The molecule has 1 aromatic rings. The van der Waals surface area contributed by atoms with Gasteiger partial charge in [0.15, 0.2) is 0 Å². The molecule has 0 bridgehead atoms. The van der Waals surface area contributed by atoms with Gasteiger partial charge in [-0.05, 0) is 32.9 Å². The van der Waals surface area contributed by atoms with Crippen LogP contribution >= 0.6 is 6.72 Å². The van der Waals surface area contributed by atoms with Crippen molar-refractivity contribution in [2.75, 3.05) is 13.2 Å². The van der Waals surface area contributed by atoms with Crippen LogP contribution in [-0.2, 0) is 30.4 Å². The van der Waals surface area contributed by atoms with E-state index in [-0.39, 0.29) is 5.92 Å². The van der Waals surface area contributed by atoms with Gasteiger partial charge >= 0.3 is 6.72 Å². The molecule has 27 heavy (non-hydrogen) atoms. The van der Waals surface area contributed by atoms with Crippen LogP contribution in [0.25, 0.3) is 0 Å². The quantitative estimate of drug-likeness (QED) is 0.379. The monoisotopic (exact) mass is 412 g/mol. The highest BCUT2D eigenvalue weighted by molar-refractivity contribution is 8.07. The van der Waals surface area contributed by atoms with Crippen LogP contribution in [0.15, 0.2) is 30.4 Å². The lowest BCUT2D eigenvalue weighted by atomic mass is 10.1. The van der Waals surface area contributed by atoms with E-state index in [9.17, 15) is 9.59 Å². The van der Waals surface area contributed by atoms with Crippen molar-refractivity contribution in [2.45, 2.75) is 40.5 Å². The lowest BCUT2D eigenvalue weighted by Crippen LogP contribution is -2.08. The Morgan fingerprint density at radius 3 is 1.96 bits per heavy atom. The number of rotatable bonds is 7. The molecule has 1 heterocycles. The van der Waals surface area contributed by atoms with Gasteiger partial charge in [0.25, 0.3) is 0 Å². The molecular weight excluding hydrogens is 387 g/mol. The Hall–Kier alpha value is -1.73. The summed E-state index contributed by atoms with van der Waals surface area (Å²) in [4.78, 5) is 29.3. The van der Waals surface area contributed by atoms with Crippen LogP contribution in [0.5, 0.6) is 5.88 Å². The summed E-state index contributed by atoms with van der Waals surface area (Å²) in [6, 6.07) is 1.74. The maximum Gasteiger partial charge on any atom is 0.381 e. The highest BCUT2D eigenvalue weighted by Crippen LogP contribution is 2.49. The van der Waals surface area contributed by atoms with Gasteiger partial charge in [0.1, 0.15) is 5.82 Å². The third-order valence-corrected chi connectivity index (χ3v) is 5.41. The number of hydrogen-bond acceptors (Lipinski definition) is 8. The Balaban J connectivity index is 0.000000377. The zero-order valence-corrected chi connectivity index (χ0v) is 17.9. The fourth-order valence-electron chi connectivity index (χ4n) is 1.84. The summed E-state index contributed by atoms with van der Waals surface area (Å²) in [5.41, 5.74) is 0.836. The molecule has 0 atom stereocenters.